The van der Waals surface area contributed by atoms with Crippen molar-refractivity contribution in [1.82, 2.24) is 14.7 Å². The Labute approximate surface area is 166 Å². The molecular weight excluding hydrogens is 359 g/mol. The first-order valence-corrected chi connectivity index (χ1v) is 10.4. The number of piperazine rings is 1. The van der Waals surface area contributed by atoms with Crippen LogP contribution in [0.3, 0.4) is 0 Å². The number of hydrogen-bond acceptors (Lipinski definition) is 5. The van der Waals surface area contributed by atoms with Gasteiger partial charge in [-0.05, 0) is 37.2 Å². The predicted octanol–water partition coefficient (Wildman–Crippen LogP) is 1.12. The molecule has 1 aromatic carbocycles. The number of likely N-dealkylation sites (N-methyl/N-ethyl adjacent to an activating group) is 1. The van der Waals surface area contributed by atoms with Gasteiger partial charge in [-0.15, -0.1) is 0 Å². The maximum absolute atomic E-state index is 14.9. The molecule has 7 heteroatoms. The molecule has 0 spiro atoms. The van der Waals surface area contributed by atoms with Crippen molar-refractivity contribution in [1.29, 1.82) is 0 Å². The number of rotatable bonds is 4. The number of piperidine rings is 1. The highest BCUT2D eigenvalue weighted by molar-refractivity contribution is 5.94. The second-order valence-electron chi connectivity index (χ2n) is 8.21. The van der Waals surface area contributed by atoms with E-state index in [-0.39, 0.29) is 23.7 Å². The van der Waals surface area contributed by atoms with Gasteiger partial charge in [-0.25, -0.2) is 4.39 Å². The Hall–Kier alpha value is -1.54. The molecule has 0 aromatic heterocycles. The summed E-state index contributed by atoms with van der Waals surface area (Å²) in [7, 11) is 0. The van der Waals surface area contributed by atoms with Crippen molar-refractivity contribution in [2.24, 2.45) is 5.73 Å². The lowest BCUT2D eigenvalue weighted by atomic mass is 9.85. The van der Waals surface area contributed by atoms with E-state index in [0.29, 0.717) is 30.3 Å². The molecule has 1 amide bonds. The molecule has 4 rings (SSSR count). The van der Waals surface area contributed by atoms with Gasteiger partial charge in [0.05, 0.1) is 19.3 Å². The van der Waals surface area contributed by atoms with Crippen LogP contribution in [0.25, 0.3) is 0 Å². The van der Waals surface area contributed by atoms with Crippen LogP contribution in [-0.2, 0) is 4.74 Å². The summed E-state index contributed by atoms with van der Waals surface area (Å²) >= 11 is 0. The van der Waals surface area contributed by atoms with Crippen molar-refractivity contribution < 1.29 is 13.9 Å². The molecule has 0 aliphatic carbocycles. The maximum atomic E-state index is 14.9. The third kappa shape index (κ3) is 3.94. The highest BCUT2D eigenvalue weighted by atomic mass is 19.1. The molecule has 154 valence electrons. The summed E-state index contributed by atoms with van der Waals surface area (Å²) < 4.78 is 20.1. The van der Waals surface area contributed by atoms with Crippen LogP contribution in [0.4, 0.5) is 4.39 Å². The standard InChI is InChI=1S/C21H31FN4O2/c1-2-24-6-5-18(20(23)12-24)17-4-3-15(11-19(17)22)21(27)26-9-7-25(8-10-26)16-13-28-14-16/h3-4,11,16,18,20H,2,5-10,12-14,23H2,1H3. The number of nitrogens with two attached hydrogens (primary N) is 1. The third-order valence-corrected chi connectivity index (χ3v) is 6.57. The molecule has 3 heterocycles. The summed E-state index contributed by atoms with van der Waals surface area (Å²) in [6, 6.07) is 5.37. The summed E-state index contributed by atoms with van der Waals surface area (Å²) in [5, 5.41) is 0. The monoisotopic (exact) mass is 390 g/mol. The highest BCUT2D eigenvalue weighted by Crippen LogP contribution is 2.30. The summed E-state index contributed by atoms with van der Waals surface area (Å²) in [5.41, 5.74) is 7.40. The first kappa shape index (κ1) is 19.8. The minimum absolute atomic E-state index is 0.0141. The van der Waals surface area contributed by atoms with E-state index in [4.69, 9.17) is 10.5 Å². The van der Waals surface area contributed by atoms with Crippen molar-refractivity contribution in [3.05, 3.63) is 35.1 Å². The third-order valence-electron chi connectivity index (χ3n) is 6.57. The SMILES string of the molecule is CCN1CCC(c2ccc(C(=O)N3CCN(C4COC4)CC3)cc2F)C(N)C1. The van der Waals surface area contributed by atoms with Gasteiger partial charge in [0, 0.05) is 50.2 Å². The van der Waals surface area contributed by atoms with E-state index >= 15 is 0 Å². The van der Waals surface area contributed by atoms with Gasteiger partial charge in [0.15, 0.2) is 0 Å². The molecule has 0 radical (unpaired) electrons. The number of ether oxygens (including phenoxy) is 1. The second-order valence-corrected chi connectivity index (χ2v) is 8.21. The number of nitrogens with zero attached hydrogens (tertiary/aromatic N) is 3. The van der Waals surface area contributed by atoms with E-state index in [1.165, 1.54) is 6.07 Å². The normalized spacial score (nSPS) is 27.6. The lowest BCUT2D eigenvalue weighted by molar-refractivity contribution is -0.0746. The van der Waals surface area contributed by atoms with Crippen LogP contribution in [-0.4, -0.2) is 91.7 Å². The average molecular weight is 391 g/mol. The molecule has 3 aliphatic heterocycles. The predicted molar refractivity (Wildman–Crippen MR) is 106 cm³/mol. The zero-order valence-corrected chi connectivity index (χ0v) is 16.6. The van der Waals surface area contributed by atoms with Gasteiger partial charge in [0.1, 0.15) is 5.82 Å². The summed E-state index contributed by atoms with van der Waals surface area (Å²) in [4.78, 5) is 19.3. The van der Waals surface area contributed by atoms with Crippen molar-refractivity contribution in [3.8, 4) is 0 Å². The average Bonchev–Trinajstić information content (AvgIpc) is 2.67. The summed E-state index contributed by atoms with van der Waals surface area (Å²) in [6.45, 7) is 9.46. The minimum Gasteiger partial charge on any atom is -0.378 e. The molecule has 28 heavy (non-hydrogen) atoms. The van der Waals surface area contributed by atoms with Gasteiger partial charge in [-0.3, -0.25) is 9.69 Å². The molecule has 3 fully saturated rings. The Balaban J connectivity index is 1.39. The van der Waals surface area contributed by atoms with Crippen molar-refractivity contribution in [2.75, 3.05) is 59.0 Å². The number of likely N-dealkylation sites (tertiary alicyclic amines) is 1. The molecule has 3 aliphatic rings. The Bertz CT molecular complexity index is 704. The molecule has 2 N–H and O–H groups in total. The number of halogens is 1. The lowest BCUT2D eigenvalue weighted by Gasteiger charge is -2.42. The Morgan fingerprint density at radius 1 is 1.21 bits per heavy atom. The largest absolute Gasteiger partial charge is 0.378 e. The number of hydrogen-bond donors (Lipinski definition) is 1. The van der Waals surface area contributed by atoms with Gasteiger partial charge in [0.2, 0.25) is 0 Å². The van der Waals surface area contributed by atoms with Crippen LogP contribution in [0.5, 0.6) is 0 Å². The van der Waals surface area contributed by atoms with E-state index in [9.17, 15) is 9.18 Å². The van der Waals surface area contributed by atoms with Crippen LogP contribution in [0, 0.1) is 5.82 Å². The zero-order valence-electron chi connectivity index (χ0n) is 16.6. The van der Waals surface area contributed by atoms with Gasteiger partial charge in [-0.1, -0.05) is 13.0 Å². The van der Waals surface area contributed by atoms with Crippen molar-refractivity contribution in [3.63, 3.8) is 0 Å². The summed E-state index contributed by atoms with van der Waals surface area (Å²) in [6.07, 6.45) is 0.853. The molecule has 3 saturated heterocycles. The Kier molecular flexibility index (Phi) is 5.96. The van der Waals surface area contributed by atoms with E-state index in [2.05, 4.69) is 16.7 Å². The number of carbonyl (C=O) groups is 1. The van der Waals surface area contributed by atoms with E-state index in [0.717, 1.165) is 52.4 Å². The molecule has 2 unspecified atom stereocenters. The fourth-order valence-corrected chi connectivity index (χ4v) is 4.59. The fraction of sp³-hybridized carbons (Fsp3) is 0.667. The van der Waals surface area contributed by atoms with Crippen LogP contribution >= 0.6 is 0 Å². The van der Waals surface area contributed by atoms with Crippen LogP contribution in [0.15, 0.2) is 18.2 Å². The van der Waals surface area contributed by atoms with Gasteiger partial charge in [-0.2, -0.15) is 0 Å². The molecule has 6 nitrogen and oxygen atoms in total. The number of amides is 1. The fourth-order valence-electron chi connectivity index (χ4n) is 4.59. The van der Waals surface area contributed by atoms with Crippen LogP contribution < -0.4 is 5.73 Å². The van der Waals surface area contributed by atoms with Gasteiger partial charge >= 0.3 is 0 Å². The topological polar surface area (TPSA) is 62.0 Å². The van der Waals surface area contributed by atoms with Gasteiger partial charge in [0.25, 0.3) is 5.91 Å². The van der Waals surface area contributed by atoms with Crippen LogP contribution in [0.1, 0.15) is 35.2 Å². The van der Waals surface area contributed by atoms with E-state index < -0.39 is 0 Å². The Morgan fingerprint density at radius 2 is 1.96 bits per heavy atom. The van der Waals surface area contributed by atoms with E-state index in [1.54, 1.807) is 12.1 Å². The molecule has 0 saturated carbocycles. The molecule has 0 bridgehead atoms. The first-order chi connectivity index (χ1) is 13.6. The van der Waals surface area contributed by atoms with Crippen LogP contribution in [0.2, 0.25) is 0 Å². The Morgan fingerprint density at radius 3 is 2.54 bits per heavy atom. The lowest BCUT2D eigenvalue weighted by Crippen LogP contribution is -2.57. The van der Waals surface area contributed by atoms with Crippen molar-refractivity contribution in [2.45, 2.75) is 31.3 Å². The van der Waals surface area contributed by atoms with Crippen molar-refractivity contribution >= 4 is 5.91 Å². The smallest absolute Gasteiger partial charge is 0.254 e. The first-order valence-electron chi connectivity index (χ1n) is 10.4. The molecule has 1 aromatic rings. The molecule has 2 atom stereocenters. The molecular formula is C21H31FN4O2. The number of carbonyl (C=O) groups excluding carboxylic acids is 1. The maximum Gasteiger partial charge on any atom is 0.254 e. The number of benzene rings is 1. The summed E-state index contributed by atoms with van der Waals surface area (Å²) in [5.74, 6) is -0.373. The zero-order chi connectivity index (χ0) is 19.7. The quantitative estimate of drug-likeness (QED) is 0.835. The highest BCUT2D eigenvalue weighted by Gasteiger charge is 2.32. The van der Waals surface area contributed by atoms with E-state index in [1.807, 2.05) is 4.90 Å². The van der Waals surface area contributed by atoms with Gasteiger partial charge < -0.3 is 20.3 Å². The minimum atomic E-state index is -0.304. The second kappa shape index (κ2) is 8.45.